The van der Waals surface area contributed by atoms with E-state index in [1.165, 1.54) is 11.8 Å². The minimum absolute atomic E-state index is 0.139. The summed E-state index contributed by atoms with van der Waals surface area (Å²) in [7, 11) is 0. The highest BCUT2D eigenvalue weighted by atomic mass is 79.9. The average Bonchev–Trinajstić information content (AvgIpc) is 2.41. The van der Waals surface area contributed by atoms with E-state index in [1.807, 2.05) is 13.8 Å². The second kappa shape index (κ2) is 8.87. The number of esters is 1. The summed E-state index contributed by atoms with van der Waals surface area (Å²) in [5.41, 5.74) is -0.650. The van der Waals surface area contributed by atoms with Crippen LogP contribution >= 0.6 is 15.9 Å². The van der Waals surface area contributed by atoms with E-state index in [9.17, 15) is 14.4 Å². The molecule has 0 aliphatic carbocycles. The molecule has 3 atom stereocenters. The van der Waals surface area contributed by atoms with Crippen molar-refractivity contribution in [2.24, 2.45) is 5.92 Å². The number of halogens is 1. The number of rotatable bonds is 4. The maximum atomic E-state index is 13.0. The zero-order valence-corrected chi connectivity index (χ0v) is 17.4. The Labute approximate surface area is 157 Å². The summed E-state index contributed by atoms with van der Waals surface area (Å²) in [5, 5.41) is 2.65. The van der Waals surface area contributed by atoms with E-state index in [1.54, 1.807) is 20.8 Å². The predicted octanol–water partition coefficient (Wildman–Crippen LogP) is 2.81. The van der Waals surface area contributed by atoms with Crippen LogP contribution in [0.25, 0.3) is 0 Å². The third kappa shape index (κ3) is 7.22. The van der Waals surface area contributed by atoms with Crippen molar-refractivity contribution in [2.75, 3.05) is 6.54 Å². The lowest BCUT2D eigenvalue weighted by atomic mass is 10.0. The first-order valence-electron chi connectivity index (χ1n) is 8.52. The molecule has 25 heavy (non-hydrogen) atoms. The molecule has 2 amide bonds. The maximum Gasteiger partial charge on any atom is 0.408 e. The van der Waals surface area contributed by atoms with Gasteiger partial charge >= 0.3 is 12.1 Å². The van der Waals surface area contributed by atoms with Gasteiger partial charge in [0.2, 0.25) is 5.91 Å². The van der Waals surface area contributed by atoms with Crippen molar-refractivity contribution < 1.29 is 23.9 Å². The Morgan fingerprint density at radius 3 is 2.32 bits per heavy atom. The smallest absolute Gasteiger partial charge is 0.408 e. The molecule has 8 heteroatoms. The number of carbonyl (C=O) groups excluding carboxylic acids is 3. The minimum atomic E-state index is -0.750. The highest BCUT2D eigenvalue weighted by molar-refractivity contribution is 9.09. The molecular weight excluding hydrogens is 392 g/mol. The monoisotopic (exact) mass is 420 g/mol. The number of hydrogen-bond donors (Lipinski definition) is 1. The van der Waals surface area contributed by atoms with E-state index in [4.69, 9.17) is 9.47 Å². The Hall–Kier alpha value is -1.31. The van der Waals surface area contributed by atoms with Crippen LogP contribution in [0.5, 0.6) is 0 Å². The third-order valence-corrected chi connectivity index (χ3v) is 4.51. The maximum absolute atomic E-state index is 13.0. The van der Waals surface area contributed by atoms with Crippen LogP contribution in [0.4, 0.5) is 4.79 Å². The summed E-state index contributed by atoms with van der Waals surface area (Å²) >= 11 is 3.52. The van der Waals surface area contributed by atoms with E-state index < -0.39 is 29.9 Å². The lowest BCUT2D eigenvalue weighted by Crippen LogP contribution is -2.57. The van der Waals surface area contributed by atoms with Gasteiger partial charge in [-0.15, -0.1) is 0 Å². The molecule has 1 aliphatic heterocycles. The van der Waals surface area contributed by atoms with Gasteiger partial charge in [-0.1, -0.05) is 29.8 Å². The molecule has 0 aromatic rings. The van der Waals surface area contributed by atoms with Gasteiger partial charge in [0.15, 0.2) is 6.23 Å². The molecule has 0 aromatic carbocycles. The molecule has 1 N–H and O–H groups in total. The first-order valence-corrected chi connectivity index (χ1v) is 9.43. The van der Waals surface area contributed by atoms with Crippen LogP contribution in [-0.2, 0) is 19.1 Å². The fourth-order valence-electron chi connectivity index (χ4n) is 2.57. The fraction of sp³-hybridized carbons (Fsp3) is 0.824. The molecule has 0 radical (unpaired) electrons. The van der Waals surface area contributed by atoms with Crippen molar-refractivity contribution in [2.45, 2.75) is 77.1 Å². The van der Waals surface area contributed by atoms with Crippen LogP contribution in [0.1, 0.15) is 54.4 Å². The van der Waals surface area contributed by atoms with Crippen LogP contribution in [0.3, 0.4) is 0 Å². The van der Waals surface area contributed by atoms with Gasteiger partial charge in [-0.3, -0.25) is 9.59 Å². The zero-order valence-electron chi connectivity index (χ0n) is 15.8. The number of alkyl halides is 1. The molecule has 0 spiro atoms. The Kier molecular flexibility index (Phi) is 7.71. The first kappa shape index (κ1) is 21.7. The molecule has 7 nitrogen and oxygen atoms in total. The number of ether oxygens (including phenoxy) is 2. The van der Waals surface area contributed by atoms with E-state index in [-0.39, 0.29) is 16.7 Å². The molecule has 1 heterocycles. The number of likely N-dealkylation sites (tertiary alicyclic amines) is 1. The Morgan fingerprint density at radius 1 is 1.24 bits per heavy atom. The summed E-state index contributed by atoms with van der Waals surface area (Å²) in [5.74, 6) is -0.850. The molecule has 0 aromatic heterocycles. The molecule has 144 valence electrons. The van der Waals surface area contributed by atoms with Gasteiger partial charge in [-0.25, -0.2) is 4.79 Å². The highest BCUT2D eigenvalue weighted by Gasteiger charge is 2.38. The Morgan fingerprint density at radius 2 is 1.84 bits per heavy atom. The Balaban J connectivity index is 2.88. The number of carbonyl (C=O) groups is 3. The molecule has 1 fully saturated rings. The van der Waals surface area contributed by atoms with Gasteiger partial charge in [-0.2, -0.15) is 0 Å². The van der Waals surface area contributed by atoms with Gasteiger partial charge in [0, 0.05) is 24.7 Å². The molecule has 1 rings (SSSR count). The molecule has 0 bridgehead atoms. The van der Waals surface area contributed by atoms with E-state index >= 15 is 0 Å². The van der Waals surface area contributed by atoms with Crippen molar-refractivity contribution in [3.05, 3.63) is 0 Å². The van der Waals surface area contributed by atoms with Gasteiger partial charge in [-0.05, 0) is 33.1 Å². The van der Waals surface area contributed by atoms with Crippen molar-refractivity contribution in [3.63, 3.8) is 0 Å². The normalized spacial score (nSPS) is 22.3. The number of nitrogens with zero attached hydrogens (tertiary/aromatic N) is 1. The van der Waals surface area contributed by atoms with Crippen LogP contribution in [0, 0.1) is 5.92 Å². The standard InChI is InChI=1S/C17H29BrN2O5/c1-10(2)14(19-16(23)25-17(4,5)6)15(22)20-8-7-12(18)9-13(20)24-11(3)21/h10,12-14H,7-9H2,1-6H3,(H,19,23)/t12-,13-,14-/m1/s1. The molecule has 0 unspecified atom stereocenters. The van der Waals surface area contributed by atoms with Crippen molar-refractivity contribution >= 4 is 33.9 Å². The topological polar surface area (TPSA) is 84.9 Å². The zero-order chi connectivity index (χ0) is 19.4. The molecule has 0 saturated carbocycles. The van der Waals surface area contributed by atoms with Crippen LogP contribution in [0.15, 0.2) is 0 Å². The number of piperidine rings is 1. The third-order valence-electron chi connectivity index (χ3n) is 3.68. The first-order chi connectivity index (χ1) is 11.4. The number of amides is 2. The van der Waals surface area contributed by atoms with Gasteiger partial charge in [0.1, 0.15) is 11.6 Å². The highest BCUT2D eigenvalue weighted by Crippen LogP contribution is 2.25. The summed E-state index contributed by atoms with van der Waals surface area (Å²) < 4.78 is 10.6. The number of nitrogens with one attached hydrogen (secondary N) is 1. The average molecular weight is 421 g/mol. The minimum Gasteiger partial charge on any atom is -0.444 e. The lowest BCUT2D eigenvalue weighted by molar-refractivity contribution is -0.167. The quantitative estimate of drug-likeness (QED) is 0.558. The lowest BCUT2D eigenvalue weighted by Gasteiger charge is -2.39. The van der Waals surface area contributed by atoms with Gasteiger partial charge < -0.3 is 19.7 Å². The summed E-state index contributed by atoms with van der Waals surface area (Å²) in [4.78, 5) is 38.1. The van der Waals surface area contributed by atoms with Crippen LogP contribution < -0.4 is 5.32 Å². The fourth-order valence-corrected chi connectivity index (χ4v) is 3.09. The SMILES string of the molecule is CC(=O)O[C@@H]1C[C@H](Br)CCN1C(=O)[C@H](NC(=O)OC(C)(C)C)C(C)C. The second-order valence-corrected chi connectivity index (χ2v) is 8.88. The molecule has 1 saturated heterocycles. The van der Waals surface area contributed by atoms with Crippen LogP contribution in [-0.4, -0.2) is 52.1 Å². The molecule has 1 aliphatic rings. The number of hydrogen-bond acceptors (Lipinski definition) is 5. The van der Waals surface area contributed by atoms with E-state index in [0.29, 0.717) is 13.0 Å². The summed E-state index contributed by atoms with van der Waals surface area (Å²) in [6.45, 7) is 10.7. The van der Waals surface area contributed by atoms with Crippen LogP contribution in [0.2, 0.25) is 0 Å². The summed E-state index contributed by atoms with van der Waals surface area (Å²) in [6.07, 6.45) is -0.00709. The van der Waals surface area contributed by atoms with Gasteiger partial charge in [0.05, 0.1) is 0 Å². The predicted molar refractivity (Wildman–Crippen MR) is 97.2 cm³/mol. The van der Waals surface area contributed by atoms with E-state index in [0.717, 1.165) is 6.42 Å². The van der Waals surface area contributed by atoms with Crippen molar-refractivity contribution in [1.29, 1.82) is 0 Å². The summed E-state index contributed by atoms with van der Waals surface area (Å²) in [6, 6.07) is -0.750. The van der Waals surface area contributed by atoms with Gasteiger partial charge in [0.25, 0.3) is 0 Å². The van der Waals surface area contributed by atoms with Crippen molar-refractivity contribution in [3.8, 4) is 0 Å². The largest absolute Gasteiger partial charge is 0.444 e. The Bertz CT molecular complexity index is 504. The van der Waals surface area contributed by atoms with E-state index in [2.05, 4.69) is 21.2 Å². The second-order valence-electron chi connectivity index (χ2n) is 7.59. The molecular formula is C17H29BrN2O5. The number of alkyl carbamates (subject to hydrolysis) is 1. The van der Waals surface area contributed by atoms with Crippen molar-refractivity contribution in [1.82, 2.24) is 10.2 Å².